The van der Waals surface area contributed by atoms with Gasteiger partial charge in [0.2, 0.25) is 0 Å². The first-order valence-corrected chi connectivity index (χ1v) is 6.66. The molecule has 0 saturated carbocycles. The summed E-state index contributed by atoms with van der Waals surface area (Å²) in [6.07, 6.45) is -4.28. The summed E-state index contributed by atoms with van der Waals surface area (Å²) in [5.41, 5.74) is -0.232. The molecule has 1 aromatic rings. The second-order valence-corrected chi connectivity index (χ2v) is 5.15. The molecular formula is C13H15F3N4O. The minimum absolute atomic E-state index is 0.212. The van der Waals surface area contributed by atoms with Crippen molar-refractivity contribution >= 4 is 11.6 Å². The first-order chi connectivity index (χ1) is 9.89. The molecule has 21 heavy (non-hydrogen) atoms. The second-order valence-electron chi connectivity index (χ2n) is 5.15. The molecule has 0 aliphatic carbocycles. The summed E-state index contributed by atoms with van der Waals surface area (Å²) in [4.78, 5) is 14.0. The Morgan fingerprint density at radius 3 is 2.76 bits per heavy atom. The lowest BCUT2D eigenvalue weighted by Crippen LogP contribution is -2.58. The number of halogens is 3. The van der Waals surface area contributed by atoms with Crippen LogP contribution in [0.15, 0.2) is 18.2 Å². The Bertz CT molecular complexity index is 575. The number of benzene rings is 1. The van der Waals surface area contributed by atoms with E-state index in [1.807, 2.05) is 0 Å². The third-order valence-electron chi connectivity index (χ3n) is 3.89. The molecule has 0 spiro atoms. The molecule has 8 heteroatoms. The molecule has 2 aliphatic heterocycles. The van der Waals surface area contributed by atoms with Crippen molar-refractivity contribution in [2.45, 2.75) is 18.8 Å². The summed E-state index contributed by atoms with van der Waals surface area (Å²) in [5, 5.41) is 4.27. The number of nitrogens with zero attached hydrogens (tertiary/aromatic N) is 2. The summed E-state index contributed by atoms with van der Waals surface area (Å²) < 4.78 is 38.7. The Morgan fingerprint density at radius 1 is 1.29 bits per heavy atom. The van der Waals surface area contributed by atoms with Crippen molar-refractivity contribution in [1.29, 1.82) is 0 Å². The Labute approximate surface area is 119 Å². The van der Waals surface area contributed by atoms with Crippen LogP contribution in [0.1, 0.15) is 22.3 Å². The topological polar surface area (TPSA) is 61.6 Å². The van der Waals surface area contributed by atoms with E-state index in [4.69, 9.17) is 5.84 Å². The first kappa shape index (κ1) is 14.2. The lowest BCUT2D eigenvalue weighted by Gasteiger charge is -2.42. The molecule has 0 aromatic heterocycles. The zero-order valence-electron chi connectivity index (χ0n) is 11.2. The van der Waals surface area contributed by atoms with Crippen LogP contribution < -0.4 is 16.1 Å². The molecular weight excluding hydrogens is 285 g/mol. The SMILES string of the molecule is NN1C(=O)c2ccc(C(F)(F)F)cc2N2CCNCCC12. The maximum atomic E-state index is 12.9. The number of hydrazine groups is 1. The molecule has 0 radical (unpaired) electrons. The molecule has 3 N–H and O–H groups in total. The van der Waals surface area contributed by atoms with E-state index in [-0.39, 0.29) is 5.56 Å². The van der Waals surface area contributed by atoms with Crippen molar-refractivity contribution in [1.82, 2.24) is 10.3 Å². The van der Waals surface area contributed by atoms with Crippen molar-refractivity contribution in [3.05, 3.63) is 29.3 Å². The monoisotopic (exact) mass is 300 g/mol. The van der Waals surface area contributed by atoms with E-state index in [0.29, 0.717) is 31.7 Å². The molecule has 1 atom stereocenters. The lowest BCUT2D eigenvalue weighted by atomic mass is 10.0. The maximum absolute atomic E-state index is 12.9. The minimum atomic E-state index is -4.43. The fourth-order valence-corrected chi connectivity index (χ4v) is 2.83. The Hall–Kier alpha value is -1.80. The average Bonchev–Trinajstić information content (AvgIpc) is 2.69. The number of hydrogen-bond acceptors (Lipinski definition) is 4. The molecule has 2 aliphatic rings. The summed E-state index contributed by atoms with van der Waals surface area (Å²) in [5.74, 6) is 5.39. The van der Waals surface area contributed by atoms with Gasteiger partial charge in [0, 0.05) is 19.5 Å². The van der Waals surface area contributed by atoms with Gasteiger partial charge in [0.15, 0.2) is 0 Å². The number of amides is 1. The van der Waals surface area contributed by atoms with Gasteiger partial charge in [0.25, 0.3) is 5.91 Å². The van der Waals surface area contributed by atoms with Crippen LogP contribution in [0, 0.1) is 0 Å². The van der Waals surface area contributed by atoms with Crippen LogP contribution in [0.3, 0.4) is 0 Å². The Morgan fingerprint density at radius 2 is 2.05 bits per heavy atom. The maximum Gasteiger partial charge on any atom is 0.416 e. The molecule has 1 saturated heterocycles. The third kappa shape index (κ3) is 2.34. The fraction of sp³-hybridized carbons (Fsp3) is 0.462. The van der Waals surface area contributed by atoms with Crippen molar-refractivity contribution in [3.8, 4) is 0 Å². The number of alkyl halides is 3. The van der Waals surface area contributed by atoms with E-state index >= 15 is 0 Å². The minimum Gasteiger partial charge on any atom is -0.348 e. The number of nitrogens with one attached hydrogen (secondary N) is 1. The van der Waals surface area contributed by atoms with Crippen LogP contribution in [0.5, 0.6) is 0 Å². The lowest BCUT2D eigenvalue weighted by molar-refractivity contribution is -0.137. The number of fused-ring (bicyclic) bond motifs is 3. The van der Waals surface area contributed by atoms with Crippen molar-refractivity contribution < 1.29 is 18.0 Å². The number of nitrogens with two attached hydrogens (primary N) is 1. The van der Waals surface area contributed by atoms with Crippen molar-refractivity contribution in [2.24, 2.45) is 5.84 Å². The zero-order chi connectivity index (χ0) is 15.2. The predicted octanol–water partition coefficient (Wildman–Crippen LogP) is 1.16. The number of rotatable bonds is 0. The standard InChI is InChI=1S/C13H15F3N4O/c14-13(15,16)8-1-2-9-10(7-8)19-6-5-18-4-3-11(19)20(17)12(9)21/h1-2,7,11,18H,3-6,17H2. The van der Waals surface area contributed by atoms with Gasteiger partial charge in [-0.2, -0.15) is 13.2 Å². The van der Waals surface area contributed by atoms with Gasteiger partial charge >= 0.3 is 6.18 Å². The molecule has 5 nitrogen and oxygen atoms in total. The molecule has 2 heterocycles. The van der Waals surface area contributed by atoms with Gasteiger partial charge in [-0.15, -0.1) is 0 Å². The van der Waals surface area contributed by atoms with Gasteiger partial charge in [-0.25, -0.2) is 5.84 Å². The second kappa shape index (κ2) is 4.88. The summed E-state index contributed by atoms with van der Waals surface area (Å²) in [6, 6.07) is 3.16. The van der Waals surface area contributed by atoms with Gasteiger partial charge in [-0.05, 0) is 24.7 Å². The molecule has 1 fully saturated rings. The highest BCUT2D eigenvalue weighted by Gasteiger charge is 2.39. The molecule has 1 aromatic carbocycles. The third-order valence-corrected chi connectivity index (χ3v) is 3.89. The fourth-order valence-electron chi connectivity index (χ4n) is 2.83. The Kier molecular flexibility index (Phi) is 3.29. The van der Waals surface area contributed by atoms with Crippen LogP contribution >= 0.6 is 0 Å². The summed E-state index contributed by atoms with van der Waals surface area (Å²) >= 11 is 0. The molecule has 114 valence electrons. The van der Waals surface area contributed by atoms with Gasteiger partial charge in [-0.3, -0.25) is 9.80 Å². The van der Waals surface area contributed by atoms with E-state index in [1.54, 1.807) is 4.90 Å². The van der Waals surface area contributed by atoms with Gasteiger partial charge in [0.05, 0.1) is 16.8 Å². The molecule has 1 amide bonds. The van der Waals surface area contributed by atoms with E-state index < -0.39 is 23.8 Å². The zero-order valence-corrected chi connectivity index (χ0v) is 11.2. The highest BCUT2D eigenvalue weighted by molar-refractivity contribution is 6.01. The van der Waals surface area contributed by atoms with Gasteiger partial charge in [0.1, 0.15) is 6.17 Å². The van der Waals surface area contributed by atoms with Crippen LogP contribution in [-0.2, 0) is 6.18 Å². The number of carbonyl (C=O) groups is 1. The van der Waals surface area contributed by atoms with Crippen molar-refractivity contribution in [2.75, 3.05) is 24.5 Å². The van der Waals surface area contributed by atoms with Gasteiger partial charge < -0.3 is 10.2 Å². The first-order valence-electron chi connectivity index (χ1n) is 6.66. The van der Waals surface area contributed by atoms with Crippen LogP contribution in [0.2, 0.25) is 0 Å². The van der Waals surface area contributed by atoms with E-state index in [9.17, 15) is 18.0 Å². The quantitative estimate of drug-likeness (QED) is 0.557. The average molecular weight is 300 g/mol. The van der Waals surface area contributed by atoms with Crippen LogP contribution in [-0.4, -0.2) is 36.7 Å². The highest BCUT2D eigenvalue weighted by atomic mass is 19.4. The largest absolute Gasteiger partial charge is 0.416 e. The van der Waals surface area contributed by atoms with Crippen LogP contribution in [0.25, 0.3) is 0 Å². The molecule has 1 unspecified atom stereocenters. The number of anilines is 1. The van der Waals surface area contributed by atoms with E-state index in [0.717, 1.165) is 17.1 Å². The van der Waals surface area contributed by atoms with E-state index in [1.165, 1.54) is 6.07 Å². The van der Waals surface area contributed by atoms with Gasteiger partial charge in [-0.1, -0.05) is 0 Å². The Balaban J connectivity index is 2.11. The summed E-state index contributed by atoms with van der Waals surface area (Å²) in [7, 11) is 0. The normalized spacial score (nSPS) is 22.7. The van der Waals surface area contributed by atoms with E-state index in [2.05, 4.69) is 5.32 Å². The van der Waals surface area contributed by atoms with Crippen molar-refractivity contribution in [3.63, 3.8) is 0 Å². The molecule has 3 rings (SSSR count). The number of hydrogen-bond donors (Lipinski definition) is 2. The number of carbonyl (C=O) groups excluding carboxylic acids is 1. The van der Waals surface area contributed by atoms with Crippen LogP contribution in [0.4, 0.5) is 18.9 Å². The predicted molar refractivity (Wildman–Crippen MR) is 70.4 cm³/mol. The summed E-state index contributed by atoms with van der Waals surface area (Å²) in [6.45, 7) is 1.80. The smallest absolute Gasteiger partial charge is 0.348 e. The highest BCUT2D eigenvalue weighted by Crippen LogP contribution is 2.37. The molecule has 0 bridgehead atoms.